The van der Waals surface area contributed by atoms with Gasteiger partial charge in [0.15, 0.2) is 6.10 Å². The van der Waals surface area contributed by atoms with Gasteiger partial charge < -0.3 is 15.3 Å². The number of aromatic nitrogens is 1. The molecule has 24 heavy (non-hydrogen) atoms. The summed E-state index contributed by atoms with van der Waals surface area (Å²) in [4.78, 5) is 10.3. The second kappa shape index (κ2) is 6.70. The zero-order chi connectivity index (χ0) is 16.5. The lowest BCUT2D eigenvalue weighted by Gasteiger charge is -2.20. The van der Waals surface area contributed by atoms with E-state index in [1.54, 1.807) is 29.5 Å². The van der Waals surface area contributed by atoms with E-state index in [4.69, 9.17) is 21.4 Å². The Morgan fingerprint density at radius 2 is 2.12 bits per heavy atom. The van der Waals surface area contributed by atoms with Crippen molar-refractivity contribution in [1.29, 1.82) is 0 Å². The summed E-state index contributed by atoms with van der Waals surface area (Å²) >= 11 is 7.89. The number of halogens is 1. The molecule has 1 aromatic carbocycles. The first kappa shape index (κ1) is 15.9. The molecule has 0 radical (unpaired) electrons. The number of aromatic hydroxyl groups is 1. The third-order valence-corrected chi connectivity index (χ3v) is 5.86. The van der Waals surface area contributed by atoms with E-state index < -0.39 is 0 Å². The summed E-state index contributed by atoms with van der Waals surface area (Å²) in [7, 11) is 0. The minimum absolute atomic E-state index is 0.137. The van der Waals surface area contributed by atoms with E-state index in [0.29, 0.717) is 22.9 Å². The molecule has 7 heteroatoms. The third-order valence-electron chi connectivity index (χ3n) is 4.53. The lowest BCUT2D eigenvalue weighted by molar-refractivity contribution is 0.0839. The molecule has 1 saturated heterocycles. The number of piperidine rings is 1. The predicted octanol–water partition coefficient (Wildman–Crippen LogP) is 3.83. The van der Waals surface area contributed by atoms with E-state index in [1.807, 2.05) is 5.38 Å². The topological polar surface area (TPSA) is 66.7 Å². The van der Waals surface area contributed by atoms with Gasteiger partial charge in [-0.15, -0.1) is 11.3 Å². The Morgan fingerprint density at radius 1 is 1.29 bits per heavy atom. The molecule has 2 aliphatic heterocycles. The van der Waals surface area contributed by atoms with Gasteiger partial charge in [0.1, 0.15) is 11.5 Å². The third kappa shape index (κ3) is 3.01. The van der Waals surface area contributed by atoms with Crippen LogP contribution in [0.4, 0.5) is 0 Å². The molecule has 1 aromatic heterocycles. The summed E-state index contributed by atoms with van der Waals surface area (Å²) in [6.45, 7) is 2.11. The number of nitrogens with one attached hydrogen (secondary N) is 1. The highest BCUT2D eigenvalue weighted by molar-refractivity contribution is 7.10. The lowest BCUT2D eigenvalue weighted by Crippen LogP contribution is -2.26. The molecular weight excluding hydrogens is 346 g/mol. The number of benzene rings is 1. The van der Waals surface area contributed by atoms with Crippen molar-refractivity contribution in [1.82, 2.24) is 10.3 Å². The van der Waals surface area contributed by atoms with E-state index in [1.165, 1.54) is 5.01 Å². The van der Waals surface area contributed by atoms with Crippen molar-refractivity contribution in [2.24, 2.45) is 5.16 Å². The predicted molar refractivity (Wildman–Crippen MR) is 95.1 cm³/mol. The van der Waals surface area contributed by atoms with Crippen molar-refractivity contribution in [2.75, 3.05) is 13.1 Å². The van der Waals surface area contributed by atoms with Gasteiger partial charge >= 0.3 is 0 Å². The fourth-order valence-corrected chi connectivity index (χ4v) is 4.50. The van der Waals surface area contributed by atoms with Gasteiger partial charge in [0.25, 0.3) is 0 Å². The fraction of sp³-hybridized carbons (Fsp3) is 0.412. The van der Waals surface area contributed by atoms with Crippen LogP contribution in [-0.2, 0) is 4.84 Å². The number of hydrogen-bond acceptors (Lipinski definition) is 6. The first-order valence-electron chi connectivity index (χ1n) is 8.09. The Kier molecular flexibility index (Phi) is 4.43. The molecule has 1 fully saturated rings. The molecule has 0 amide bonds. The highest BCUT2D eigenvalue weighted by Gasteiger charge is 2.30. The first-order chi connectivity index (χ1) is 11.7. The van der Waals surface area contributed by atoms with Crippen LogP contribution in [0.25, 0.3) is 0 Å². The number of thiazole rings is 1. The van der Waals surface area contributed by atoms with Gasteiger partial charge in [-0.3, -0.25) is 0 Å². The van der Waals surface area contributed by atoms with Crippen LogP contribution in [0.5, 0.6) is 5.75 Å². The molecule has 1 atom stereocenters. The van der Waals surface area contributed by atoms with Crippen molar-refractivity contribution in [3.63, 3.8) is 0 Å². The quantitative estimate of drug-likeness (QED) is 0.869. The zero-order valence-corrected chi connectivity index (χ0v) is 14.6. The van der Waals surface area contributed by atoms with Crippen molar-refractivity contribution < 1.29 is 9.94 Å². The standard InChI is InChI=1S/C17H18ClN3O2S/c18-11-2-1-3-14(22)16(11)15-8-12(21-23-15)13-9-24-17(20-13)10-4-6-19-7-5-10/h1-3,9-10,15,19,22H,4-8H2. The maximum atomic E-state index is 10.0. The molecule has 2 N–H and O–H groups in total. The highest BCUT2D eigenvalue weighted by Crippen LogP contribution is 2.39. The Hall–Kier alpha value is -1.63. The van der Waals surface area contributed by atoms with Crippen LogP contribution in [0.15, 0.2) is 28.7 Å². The molecule has 0 saturated carbocycles. The van der Waals surface area contributed by atoms with Crippen molar-refractivity contribution in [3.8, 4) is 5.75 Å². The van der Waals surface area contributed by atoms with E-state index in [0.717, 1.165) is 37.3 Å². The monoisotopic (exact) mass is 363 g/mol. The largest absolute Gasteiger partial charge is 0.507 e. The Labute approximate surface area is 149 Å². The maximum Gasteiger partial charge on any atom is 0.163 e. The van der Waals surface area contributed by atoms with Gasteiger partial charge in [-0.05, 0) is 38.1 Å². The highest BCUT2D eigenvalue weighted by atomic mass is 35.5. The average Bonchev–Trinajstić information content (AvgIpc) is 3.25. The number of phenols is 1. The van der Waals surface area contributed by atoms with Crippen LogP contribution in [-0.4, -0.2) is 28.9 Å². The van der Waals surface area contributed by atoms with Gasteiger partial charge in [0, 0.05) is 17.7 Å². The molecule has 4 rings (SSSR count). The molecule has 2 aliphatic rings. The molecule has 0 bridgehead atoms. The summed E-state index contributed by atoms with van der Waals surface area (Å²) in [6.07, 6.45) is 2.46. The van der Waals surface area contributed by atoms with E-state index >= 15 is 0 Å². The second-order valence-electron chi connectivity index (χ2n) is 6.10. The summed E-state index contributed by atoms with van der Waals surface area (Å²) in [6, 6.07) is 5.07. The summed E-state index contributed by atoms with van der Waals surface area (Å²) in [5.41, 5.74) is 2.28. The van der Waals surface area contributed by atoms with E-state index in [-0.39, 0.29) is 11.9 Å². The van der Waals surface area contributed by atoms with Gasteiger partial charge in [0.05, 0.1) is 21.3 Å². The molecule has 1 unspecified atom stereocenters. The SMILES string of the molecule is Oc1cccc(Cl)c1C1CC(c2csc(C3CCNCC3)n2)=NO1. The van der Waals surface area contributed by atoms with E-state index in [9.17, 15) is 5.11 Å². The molecular formula is C17H18ClN3O2S. The molecule has 0 spiro atoms. The Balaban J connectivity index is 1.50. The molecule has 0 aliphatic carbocycles. The van der Waals surface area contributed by atoms with Gasteiger partial charge in [-0.1, -0.05) is 22.8 Å². The zero-order valence-electron chi connectivity index (χ0n) is 13.0. The molecule has 126 valence electrons. The molecule has 5 nitrogen and oxygen atoms in total. The minimum Gasteiger partial charge on any atom is -0.507 e. The summed E-state index contributed by atoms with van der Waals surface area (Å²) in [5, 5.41) is 21.3. The normalized spacial score (nSPS) is 21.5. The number of rotatable bonds is 3. The first-order valence-corrected chi connectivity index (χ1v) is 9.34. The number of oxime groups is 1. The van der Waals surface area contributed by atoms with Crippen LogP contribution in [0.2, 0.25) is 5.02 Å². The second-order valence-corrected chi connectivity index (χ2v) is 7.40. The number of phenolic OH excluding ortho intramolecular Hbond substituents is 1. The van der Waals surface area contributed by atoms with Crippen LogP contribution in [0, 0.1) is 0 Å². The maximum absolute atomic E-state index is 10.0. The number of hydrogen-bond donors (Lipinski definition) is 2. The van der Waals surface area contributed by atoms with Gasteiger partial charge in [-0.2, -0.15) is 0 Å². The summed E-state index contributed by atoms with van der Waals surface area (Å²) < 4.78 is 0. The summed E-state index contributed by atoms with van der Waals surface area (Å²) in [5.74, 6) is 0.675. The smallest absolute Gasteiger partial charge is 0.163 e. The average molecular weight is 364 g/mol. The lowest BCUT2D eigenvalue weighted by atomic mass is 9.99. The van der Waals surface area contributed by atoms with Crippen LogP contribution < -0.4 is 5.32 Å². The molecule has 2 aromatic rings. The van der Waals surface area contributed by atoms with Crippen LogP contribution in [0.3, 0.4) is 0 Å². The Bertz CT molecular complexity index is 751. The van der Waals surface area contributed by atoms with Gasteiger partial charge in [0.2, 0.25) is 0 Å². The van der Waals surface area contributed by atoms with Crippen molar-refractivity contribution >= 4 is 28.6 Å². The van der Waals surface area contributed by atoms with Crippen LogP contribution in [0.1, 0.15) is 47.5 Å². The molecule has 3 heterocycles. The Morgan fingerprint density at radius 3 is 2.92 bits per heavy atom. The van der Waals surface area contributed by atoms with Crippen molar-refractivity contribution in [3.05, 3.63) is 44.9 Å². The number of nitrogens with zero attached hydrogens (tertiary/aromatic N) is 2. The minimum atomic E-state index is -0.363. The fourth-order valence-electron chi connectivity index (χ4n) is 3.20. The van der Waals surface area contributed by atoms with Gasteiger partial charge in [-0.25, -0.2) is 4.98 Å². The van der Waals surface area contributed by atoms with Crippen LogP contribution >= 0.6 is 22.9 Å². The van der Waals surface area contributed by atoms with E-state index in [2.05, 4.69) is 10.5 Å². The van der Waals surface area contributed by atoms with Crippen molar-refractivity contribution in [2.45, 2.75) is 31.3 Å².